The minimum absolute atomic E-state index is 0.382. The fraction of sp³-hybridized carbons (Fsp3) is 0.167. The molecule has 0 bridgehead atoms. The second kappa shape index (κ2) is 8.94. The number of hydrogen-bond acceptors (Lipinski definition) is 3. The van der Waals surface area contributed by atoms with Crippen LogP contribution in [0.4, 0.5) is 0 Å². The quantitative estimate of drug-likeness (QED) is 0.494. The molecule has 4 nitrogen and oxygen atoms in total. The number of ether oxygens (including phenoxy) is 2. The molecule has 126 valence electrons. The molecule has 2 aromatic carbocycles. The lowest BCUT2D eigenvalue weighted by atomic mass is 10.2. The number of halogens is 2. The Kier molecular flexibility index (Phi) is 6.93. The van der Waals surface area contributed by atoms with Gasteiger partial charge in [-0.1, -0.05) is 23.7 Å². The van der Waals surface area contributed by atoms with E-state index in [0.29, 0.717) is 29.7 Å². The molecule has 0 saturated heterocycles. The van der Waals surface area contributed by atoms with Gasteiger partial charge in [0.1, 0.15) is 6.61 Å². The van der Waals surface area contributed by atoms with E-state index in [0.717, 1.165) is 14.7 Å². The van der Waals surface area contributed by atoms with Crippen LogP contribution in [-0.2, 0) is 11.4 Å². The molecule has 0 atom stereocenters. The van der Waals surface area contributed by atoms with Gasteiger partial charge in [-0.25, -0.2) is 0 Å². The van der Waals surface area contributed by atoms with Crippen molar-refractivity contribution in [2.45, 2.75) is 13.5 Å². The van der Waals surface area contributed by atoms with Gasteiger partial charge in [0.05, 0.1) is 10.2 Å². The summed E-state index contributed by atoms with van der Waals surface area (Å²) in [6.07, 6.45) is 2.96. The molecule has 0 fully saturated rings. The lowest BCUT2D eigenvalue weighted by molar-refractivity contribution is -0.113. The van der Waals surface area contributed by atoms with E-state index in [4.69, 9.17) is 26.8 Å². The molecule has 2 aromatic rings. The van der Waals surface area contributed by atoms with Gasteiger partial charge in [-0.15, -0.1) is 0 Å². The zero-order chi connectivity index (χ0) is 17.5. The van der Waals surface area contributed by atoms with Crippen LogP contribution in [0.2, 0.25) is 5.02 Å². The largest absolute Gasteiger partial charge is 0.490 e. The maximum Gasteiger partial charge on any atom is 0.241 e. The van der Waals surface area contributed by atoms with Crippen LogP contribution in [0, 0.1) is 3.57 Å². The smallest absolute Gasteiger partial charge is 0.241 e. The highest BCUT2D eigenvalue weighted by Crippen LogP contribution is 2.35. The average Bonchev–Trinajstić information content (AvgIpc) is 2.52. The molecule has 0 spiro atoms. The van der Waals surface area contributed by atoms with Crippen molar-refractivity contribution in [3.8, 4) is 11.5 Å². The lowest BCUT2D eigenvalue weighted by Crippen LogP contribution is -2.05. The van der Waals surface area contributed by atoms with Crippen LogP contribution in [0.5, 0.6) is 11.5 Å². The molecular weight excluding hydrogens is 441 g/mol. The van der Waals surface area contributed by atoms with Crippen LogP contribution in [0.3, 0.4) is 0 Å². The number of primary amides is 1. The third-order valence-corrected chi connectivity index (χ3v) is 4.08. The number of rotatable bonds is 7. The molecule has 6 heteroatoms. The Labute approximate surface area is 159 Å². The summed E-state index contributed by atoms with van der Waals surface area (Å²) in [4.78, 5) is 10.9. The SMILES string of the molecule is CCOc1cc(/C=C/C(N)=O)cc(I)c1OCc1cccc(Cl)c1. The first-order valence-electron chi connectivity index (χ1n) is 7.30. The predicted octanol–water partition coefficient (Wildman–Crippen LogP) is 4.42. The average molecular weight is 458 g/mol. The van der Waals surface area contributed by atoms with Crippen molar-refractivity contribution in [2.75, 3.05) is 6.61 Å². The monoisotopic (exact) mass is 457 g/mol. The van der Waals surface area contributed by atoms with Crippen LogP contribution in [0.15, 0.2) is 42.5 Å². The molecule has 0 aliphatic carbocycles. The summed E-state index contributed by atoms with van der Waals surface area (Å²) in [5.41, 5.74) is 6.92. The molecule has 0 saturated carbocycles. The predicted molar refractivity (Wildman–Crippen MR) is 104 cm³/mol. The van der Waals surface area contributed by atoms with Crippen molar-refractivity contribution >= 4 is 46.2 Å². The van der Waals surface area contributed by atoms with Gasteiger partial charge in [0.25, 0.3) is 0 Å². The maximum absolute atomic E-state index is 10.9. The first kappa shape index (κ1) is 18.6. The Morgan fingerprint density at radius 1 is 1.29 bits per heavy atom. The first-order valence-corrected chi connectivity index (χ1v) is 8.76. The number of carbonyl (C=O) groups excluding carboxylic acids is 1. The van der Waals surface area contributed by atoms with Crippen molar-refractivity contribution in [2.24, 2.45) is 5.73 Å². The van der Waals surface area contributed by atoms with E-state index in [1.807, 2.05) is 43.3 Å². The van der Waals surface area contributed by atoms with Gasteiger partial charge in [0.2, 0.25) is 5.91 Å². The zero-order valence-electron chi connectivity index (χ0n) is 13.1. The number of benzene rings is 2. The van der Waals surface area contributed by atoms with E-state index < -0.39 is 5.91 Å². The highest BCUT2D eigenvalue weighted by Gasteiger charge is 2.12. The van der Waals surface area contributed by atoms with Crippen molar-refractivity contribution in [1.29, 1.82) is 0 Å². The van der Waals surface area contributed by atoms with E-state index in [1.165, 1.54) is 6.08 Å². The standard InChI is InChI=1S/C18H17ClINO3/c1-2-23-16-10-12(6-7-17(21)22)9-15(20)18(16)24-11-13-4-3-5-14(19)8-13/h3-10H,2,11H2,1H3,(H2,21,22)/b7-6+. The topological polar surface area (TPSA) is 61.5 Å². The Morgan fingerprint density at radius 2 is 2.08 bits per heavy atom. The third-order valence-electron chi connectivity index (χ3n) is 3.04. The van der Waals surface area contributed by atoms with Gasteiger partial charge in [-0.05, 0) is 71.0 Å². The number of hydrogen-bond donors (Lipinski definition) is 1. The Morgan fingerprint density at radius 3 is 2.75 bits per heavy atom. The summed E-state index contributed by atoms with van der Waals surface area (Å²) in [6.45, 7) is 2.79. The summed E-state index contributed by atoms with van der Waals surface area (Å²) in [6, 6.07) is 11.2. The van der Waals surface area contributed by atoms with Crippen molar-refractivity contribution in [1.82, 2.24) is 0 Å². The fourth-order valence-corrected chi connectivity index (χ4v) is 3.04. The van der Waals surface area contributed by atoms with E-state index >= 15 is 0 Å². The summed E-state index contributed by atoms with van der Waals surface area (Å²) < 4.78 is 12.5. The normalized spacial score (nSPS) is 10.8. The second-order valence-electron chi connectivity index (χ2n) is 4.92. The maximum atomic E-state index is 10.9. The summed E-state index contributed by atoms with van der Waals surface area (Å²) in [5.74, 6) is 0.786. The minimum Gasteiger partial charge on any atom is -0.490 e. The summed E-state index contributed by atoms with van der Waals surface area (Å²) >= 11 is 8.17. The highest BCUT2D eigenvalue weighted by molar-refractivity contribution is 14.1. The Balaban J connectivity index is 2.25. The molecule has 0 aromatic heterocycles. The minimum atomic E-state index is -0.496. The summed E-state index contributed by atoms with van der Waals surface area (Å²) in [5, 5.41) is 0.669. The van der Waals surface area contributed by atoms with Gasteiger partial charge >= 0.3 is 0 Å². The van der Waals surface area contributed by atoms with Gasteiger partial charge in [-0.2, -0.15) is 0 Å². The number of amides is 1. The Bertz CT molecular complexity index is 762. The first-order chi connectivity index (χ1) is 11.5. The molecule has 1 amide bonds. The molecule has 0 aliphatic rings. The van der Waals surface area contributed by atoms with E-state index in [-0.39, 0.29) is 0 Å². The highest BCUT2D eigenvalue weighted by atomic mass is 127. The van der Waals surface area contributed by atoms with Crippen molar-refractivity contribution in [3.05, 3.63) is 62.2 Å². The third kappa shape index (κ3) is 5.42. The van der Waals surface area contributed by atoms with E-state index in [9.17, 15) is 4.79 Å². The van der Waals surface area contributed by atoms with E-state index in [1.54, 1.807) is 6.08 Å². The van der Waals surface area contributed by atoms with Gasteiger partial charge in [0, 0.05) is 11.1 Å². The number of carbonyl (C=O) groups is 1. The molecule has 0 unspecified atom stereocenters. The van der Waals surface area contributed by atoms with Crippen LogP contribution < -0.4 is 15.2 Å². The summed E-state index contributed by atoms with van der Waals surface area (Å²) in [7, 11) is 0. The van der Waals surface area contributed by atoms with Crippen LogP contribution in [-0.4, -0.2) is 12.5 Å². The lowest BCUT2D eigenvalue weighted by Gasteiger charge is -2.15. The Hall–Kier alpha value is -1.73. The molecule has 24 heavy (non-hydrogen) atoms. The zero-order valence-corrected chi connectivity index (χ0v) is 16.0. The van der Waals surface area contributed by atoms with Crippen molar-refractivity contribution < 1.29 is 14.3 Å². The molecule has 2 rings (SSSR count). The molecule has 0 radical (unpaired) electrons. The molecule has 2 N–H and O–H groups in total. The molecule has 0 heterocycles. The van der Waals surface area contributed by atoms with Crippen LogP contribution >= 0.6 is 34.2 Å². The van der Waals surface area contributed by atoms with Crippen LogP contribution in [0.1, 0.15) is 18.1 Å². The van der Waals surface area contributed by atoms with Crippen LogP contribution in [0.25, 0.3) is 6.08 Å². The molecular formula is C18H17ClINO3. The number of nitrogens with two attached hydrogens (primary N) is 1. The molecule has 0 aliphatic heterocycles. The van der Waals surface area contributed by atoms with Crippen molar-refractivity contribution in [3.63, 3.8) is 0 Å². The van der Waals surface area contributed by atoms with Gasteiger partial charge in [0.15, 0.2) is 11.5 Å². The van der Waals surface area contributed by atoms with Gasteiger partial charge in [-0.3, -0.25) is 4.79 Å². The fourth-order valence-electron chi connectivity index (χ4n) is 2.05. The van der Waals surface area contributed by atoms with Gasteiger partial charge < -0.3 is 15.2 Å². The second-order valence-corrected chi connectivity index (χ2v) is 6.52. The van der Waals surface area contributed by atoms with E-state index in [2.05, 4.69) is 22.6 Å².